The predicted octanol–water partition coefficient (Wildman–Crippen LogP) is 1.49. The Morgan fingerprint density at radius 3 is 2.24 bits per heavy atom. The van der Waals surface area contributed by atoms with Crippen molar-refractivity contribution < 1.29 is 9.59 Å². The van der Waals surface area contributed by atoms with Gasteiger partial charge in [0.25, 0.3) is 0 Å². The van der Waals surface area contributed by atoms with Gasteiger partial charge in [-0.3, -0.25) is 9.59 Å². The van der Waals surface area contributed by atoms with Crippen LogP contribution in [0, 0.1) is 6.92 Å². The summed E-state index contributed by atoms with van der Waals surface area (Å²) in [6.07, 6.45) is 3.74. The predicted molar refractivity (Wildman–Crippen MR) is 85.5 cm³/mol. The zero-order chi connectivity index (χ0) is 16.1. The Kier molecular flexibility index (Phi) is 10.8. The summed E-state index contributed by atoms with van der Waals surface area (Å²) >= 11 is 0. The van der Waals surface area contributed by atoms with Gasteiger partial charge in [-0.15, -0.1) is 0 Å². The van der Waals surface area contributed by atoms with Crippen LogP contribution in [0.4, 0.5) is 0 Å². The van der Waals surface area contributed by atoms with E-state index in [4.69, 9.17) is 11.5 Å². The highest BCUT2D eigenvalue weighted by Gasteiger charge is 2.12. The van der Waals surface area contributed by atoms with E-state index in [0.29, 0.717) is 6.42 Å². The molecule has 0 fully saturated rings. The van der Waals surface area contributed by atoms with Gasteiger partial charge in [-0.25, -0.2) is 0 Å². The van der Waals surface area contributed by atoms with Crippen molar-refractivity contribution in [2.45, 2.75) is 45.6 Å². The van der Waals surface area contributed by atoms with E-state index in [1.165, 1.54) is 5.56 Å². The molecule has 1 rings (SSSR count). The molecule has 118 valence electrons. The number of hydrogen-bond donors (Lipinski definition) is 3. The molecule has 1 unspecified atom stereocenters. The van der Waals surface area contributed by atoms with Gasteiger partial charge in [0, 0.05) is 0 Å². The third-order valence-electron chi connectivity index (χ3n) is 2.83. The molecule has 0 saturated heterocycles. The number of hydrogen-bond acceptors (Lipinski definition) is 3. The van der Waals surface area contributed by atoms with Crippen LogP contribution < -0.4 is 16.8 Å². The lowest BCUT2D eigenvalue weighted by Gasteiger charge is -2.10. The molecular formula is C16H27N3O2. The quantitative estimate of drug-likeness (QED) is 0.664. The lowest BCUT2D eigenvalue weighted by atomic mass is 10.1. The molecule has 21 heavy (non-hydrogen) atoms. The second kappa shape index (κ2) is 11.9. The largest absolute Gasteiger partial charge is 0.368 e. The lowest BCUT2D eigenvalue weighted by molar-refractivity contribution is -0.125. The van der Waals surface area contributed by atoms with Gasteiger partial charge in [0.1, 0.15) is 0 Å². The van der Waals surface area contributed by atoms with E-state index in [9.17, 15) is 9.59 Å². The average molecular weight is 293 g/mol. The summed E-state index contributed by atoms with van der Waals surface area (Å²) in [5.74, 6) is -0.862. The van der Waals surface area contributed by atoms with Crippen LogP contribution >= 0.6 is 0 Å². The summed E-state index contributed by atoms with van der Waals surface area (Å²) in [6.45, 7) is 4.03. The number of rotatable bonds is 7. The van der Waals surface area contributed by atoms with Crippen molar-refractivity contribution in [3.05, 3.63) is 35.9 Å². The number of primary amides is 1. The fraction of sp³-hybridized carbons (Fsp3) is 0.500. The Hall–Kier alpha value is -1.88. The van der Waals surface area contributed by atoms with Crippen molar-refractivity contribution >= 4 is 11.8 Å². The average Bonchev–Trinajstić information content (AvgIpc) is 2.46. The van der Waals surface area contributed by atoms with Gasteiger partial charge in [0.15, 0.2) is 0 Å². The Balaban J connectivity index is 0.000000471. The molecule has 0 aliphatic rings. The van der Waals surface area contributed by atoms with E-state index < -0.39 is 11.9 Å². The van der Waals surface area contributed by atoms with Crippen LogP contribution in [0.15, 0.2) is 30.3 Å². The highest BCUT2D eigenvalue weighted by molar-refractivity contribution is 5.86. The number of nitrogens with two attached hydrogens (primary N) is 2. The molecule has 5 N–H and O–H groups in total. The van der Waals surface area contributed by atoms with Gasteiger partial charge in [-0.2, -0.15) is 0 Å². The fourth-order valence-electron chi connectivity index (χ4n) is 1.59. The van der Waals surface area contributed by atoms with Crippen molar-refractivity contribution in [3.63, 3.8) is 0 Å². The van der Waals surface area contributed by atoms with Crippen LogP contribution in [0.3, 0.4) is 0 Å². The molecule has 0 saturated carbocycles. The Morgan fingerprint density at radius 1 is 1.19 bits per heavy atom. The Bertz CT molecular complexity index is 407. The minimum atomic E-state index is -0.556. The van der Waals surface area contributed by atoms with Crippen molar-refractivity contribution in [2.24, 2.45) is 11.5 Å². The van der Waals surface area contributed by atoms with Crippen molar-refractivity contribution in [2.75, 3.05) is 6.54 Å². The van der Waals surface area contributed by atoms with Gasteiger partial charge in [0.05, 0.1) is 12.6 Å². The van der Waals surface area contributed by atoms with E-state index in [1.807, 2.05) is 18.2 Å². The summed E-state index contributed by atoms with van der Waals surface area (Å²) in [6, 6.07) is 9.73. The smallest absolute Gasteiger partial charge is 0.237 e. The highest BCUT2D eigenvalue weighted by atomic mass is 16.2. The lowest BCUT2D eigenvalue weighted by Crippen LogP contribution is -2.43. The third kappa shape index (κ3) is 11.6. The standard InChI is InChI=1S/C9H19N3O2.C7H8/c1-2-3-4-5-7(10)9(14)12-6-8(11)13;1-7-5-3-2-4-6-7/h7H,2-6,10H2,1H3,(H2,11,13)(H,12,14);2-6H,1H3. The molecule has 5 heteroatoms. The zero-order valence-corrected chi connectivity index (χ0v) is 13.0. The molecule has 1 aromatic rings. The number of amides is 2. The van der Waals surface area contributed by atoms with Crippen molar-refractivity contribution in [3.8, 4) is 0 Å². The van der Waals surface area contributed by atoms with Crippen LogP contribution in [0.25, 0.3) is 0 Å². The van der Waals surface area contributed by atoms with Gasteiger partial charge in [0.2, 0.25) is 11.8 Å². The maximum Gasteiger partial charge on any atom is 0.237 e. The van der Waals surface area contributed by atoms with Crippen LogP contribution in [-0.4, -0.2) is 24.4 Å². The van der Waals surface area contributed by atoms with Gasteiger partial charge >= 0.3 is 0 Å². The van der Waals surface area contributed by atoms with Gasteiger partial charge in [-0.05, 0) is 13.3 Å². The zero-order valence-electron chi connectivity index (χ0n) is 13.0. The van der Waals surface area contributed by atoms with E-state index in [0.717, 1.165) is 19.3 Å². The Morgan fingerprint density at radius 2 is 1.81 bits per heavy atom. The minimum Gasteiger partial charge on any atom is -0.368 e. The molecule has 5 nitrogen and oxygen atoms in total. The van der Waals surface area contributed by atoms with Crippen LogP contribution in [0.5, 0.6) is 0 Å². The molecule has 0 bridgehead atoms. The molecule has 0 radical (unpaired) electrons. The first kappa shape index (κ1) is 19.1. The molecule has 0 aromatic heterocycles. The number of benzene rings is 1. The van der Waals surface area contributed by atoms with Crippen molar-refractivity contribution in [1.82, 2.24) is 5.32 Å². The molecule has 1 atom stereocenters. The maximum absolute atomic E-state index is 11.2. The number of carbonyl (C=O) groups is 2. The topological polar surface area (TPSA) is 98.2 Å². The fourth-order valence-corrected chi connectivity index (χ4v) is 1.59. The molecule has 0 aliphatic carbocycles. The normalized spacial score (nSPS) is 11.0. The van der Waals surface area contributed by atoms with E-state index >= 15 is 0 Å². The first-order chi connectivity index (χ1) is 9.97. The molecular weight excluding hydrogens is 266 g/mol. The second-order valence-corrected chi connectivity index (χ2v) is 4.94. The molecule has 0 heterocycles. The van der Waals surface area contributed by atoms with E-state index in [1.54, 1.807) is 0 Å². The van der Waals surface area contributed by atoms with Crippen molar-refractivity contribution in [1.29, 1.82) is 0 Å². The summed E-state index contributed by atoms with van der Waals surface area (Å²) in [7, 11) is 0. The third-order valence-corrected chi connectivity index (χ3v) is 2.83. The van der Waals surface area contributed by atoms with Gasteiger partial charge < -0.3 is 16.8 Å². The monoisotopic (exact) mass is 293 g/mol. The number of carbonyl (C=O) groups excluding carboxylic acids is 2. The number of nitrogens with one attached hydrogen (secondary N) is 1. The molecule has 0 spiro atoms. The Labute approximate surface area is 127 Å². The summed E-state index contributed by atoms with van der Waals surface area (Å²) in [4.78, 5) is 21.6. The highest BCUT2D eigenvalue weighted by Crippen LogP contribution is 2.01. The maximum atomic E-state index is 11.2. The SMILES string of the molecule is CCCCCC(N)C(=O)NCC(N)=O.Cc1ccccc1. The van der Waals surface area contributed by atoms with Crippen LogP contribution in [0.2, 0.25) is 0 Å². The second-order valence-electron chi connectivity index (χ2n) is 4.94. The van der Waals surface area contributed by atoms with Gasteiger partial charge in [-0.1, -0.05) is 62.1 Å². The summed E-state index contributed by atoms with van der Waals surface area (Å²) in [5.41, 5.74) is 11.8. The summed E-state index contributed by atoms with van der Waals surface area (Å²) in [5, 5.41) is 2.37. The molecule has 0 aliphatic heterocycles. The van der Waals surface area contributed by atoms with Crippen LogP contribution in [0.1, 0.15) is 38.2 Å². The van der Waals surface area contributed by atoms with Crippen LogP contribution in [-0.2, 0) is 9.59 Å². The number of unbranched alkanes of at least 4 members (excludes halogenated alkanes) is 2. The summed E-state index contributed by atoms with van der Waals surface area (Å²) < 4.78 is 0. The minimum absolute atomic E-state index is 0.139. The first-order valence-electron chi connectivity index (χ1n) is 7.30. The molecule has 2 amide bonds. The molecule has 1 aromatic carbocycles. The van der Waals surface area contributed by atoms with E-state index in [-0.39, 0.29) is 12.5 Å². The number of aryl methyl sites for hydroxylation is 1. The first-order valence-corrected chi connectivity index (χ1v) is 7.30. The van der Waals surface area contributed by atoms with E-state index in [2.05, 4.69) is 31.3 Å².